The number of benzene rings is 2. The van der Waals surface area contributed by atoms with Gasteiger partial charge in [0.1, 0.15) is 0 Å². The predicted molar refractivity (Wildman–Crippen MR) is 86.1 cm³/mol. The summed E-state index contributed by atoms with van der Waals surface area (Å²) in [6.45, 7) is 2.00. The van der Waals surface area contributed by atoms with Gasteiger partial charge in [0.25, 0.3) is 11.5 Å². The van der Waals surface area contributed by atoms with Crippen LogP contribution in [0.4, 0.5) is 10.1 Å². The van der Waals surface area contributed by atoms with Gasteiger partial charge in [0.15, 0.2) is 0 Å². The largest absolute Gasteiger partial charge is 0.321 e. The number of hydrogen-bond acceptors (Lipinski definition) is 2. The van der Waals surface area contributed by atoms with Crippen molar-refractivity contribution in [1.82, 2.24) is 0 Å². The molecule has 0 fully saturated rings. The molecule has 0 aliphatic rings. The van der Waals surface area contributed by atoms with E-state index in [9.17, 15) is 9.18 Å². The maximum Gasteiger partial charge on any atom is 0.274 e. The number of halogens is 3. The van der Waals surface area contributed by atoms with E-state index in [1.807, 2.05) is 31.2 Å². The molecule has 0 bridgehead atoms. The molecule has 0 aliphatic carbocycles. The molecule has 2 nitrogen and oxygen atoms in total. The molecule has 0 spiro atoms. The second-order valence-electron chi connectivity index (χ2n) is 4.32. The maximum absolute atomic E-state index is 12.8. The van der Waals surface area contributed by atoms with Gasteiger partial charge >= 0.3 is 0 Å². The number of carbonyl (C=O) groups excluding carboxylic acids is 1. The molecule has 1 amide bonds. The standard InChI is InChI=1S/C15H12Cl2FNOS/c1-9-5-7-10(8-6-9)21-13-11(16)3-2-4-12(13)19-15(20)14(17)18/h2-8,14H,1H3,(H,19,20). The first-order valence-corrected chi connectivity index (χ1v) is 7.72. The Bertz CT molecular complexity index is 647. The fraction of sp³-hybridized carbons (Fsp3) is 0.133. The fourth-order valence-corrected chi connectivity index (χ4v) is 2.87. The Labute approximate surface area is 136 Å². The van der Waals surface area contributed by atoms with Crippen molar-refractivity contribution in [3.8, 4) is 0 Å². The zero-order chi connectivity index (χ0) is 15.4. The lowest BCUT2D eigenvalue weighted by Crippen LogP contribution is -2.19. The van der Waals surface area contributed by atoms with Gasteiger partial charge in [-0.1, -0.05) is 58.7 Å². The van der Waals surface area contributed by atoms with Crippen LogP contribution in [0, 0.1) is 6.92 Å². The van der Waals surface area contributed by atoms with Gasteiger partial charge in [-0.05, 0) is 31.2 Å². The highest BCUT2D eigenvalue weighted by molar-refractivity contribution is 7.99. The number of anilines is 1. The van der Waals surface area contributed by atoms with Gasteiger partial charge in [0.2, 0.25) is 0 Å². The Morgan fingerprint density at radius 3 is 2.52 bits per heavy atom. The van der Waals surface area contributed by atoms with Crippen molar-refractivity contribution in [2.45, 2.75) is 22.3 Å². The van der Waals surface area contributed by atoms with Gasteiger partial charge in [-0.3, -0.25) is 4.79 Å². The summed E-state index contributed by atoms with van der Waals surface area (Å²) in [6, 6.07) is 12.9. The van der Waals surface area contributed by atoms with E-state index in [-0.39, 0.29) is 0 Å². The highest BCUT2D eigenvalue weighted by Crippen LogP contribution is 2.39. The third kappa shape index (κ3) is 4.37. The summed E-state index contributed by atoms with van der Waals surface area (Å²) >= 11 is 12.7. The Morgan fingerprint density at radius 2 is 1.90 bits per heavy atom. The number of rotatable bonds is 4. The Hall–Kier alpha value is -1.23. The molecule has 110 valence electrons. The lowest BCUT2D eigenvalue weighted by atomic mass is 10.2. The molecule has 0 heterocycles. The predicted octanol–water partition coefficient (Wildman–Crippen LogP) is 5.27. The number of alkyl halides is 2. The van der Waals surface area contributed by atoms with E-state index < -0.39 is 11.5 Å². The Kier molecular flexibility index (Phi) is 5.51. The molecule has 6 heteroatoms. The van der Waals surface area contributed by atoms with E-state index in [0.29, 0.717) is 15.6 Å². The number of carbonyl (C=O) groups is 1. The third-order valence-corrected chi connectivity index (χ3v) is 4.44. The molecule has 0 aromatic heterocycles. The van der Waals surface area contributed by atoms with Crippen LogP contribution >= 0.6 is 35.0 Å². The molecule has 0 saturated carbocycles. The van der Waals surface area contributed by atoms with Crippen molar-refractivity contribution in [3.63, 3.8) is 0 Å². The summed E-state index contributed by atoms with van der Waals surface area (Å²) in [5, 5.41) is 2.91. The minimum absolute atomic E-state index is 0.432. The smallest absolute Gasteiger partial charge is 0.274 e. The first-order chi connectivity index (χ1) is 9.97. The number of aryl methyl sites for hydroxylation is 1. The average Bonchev–Trinajstić information content (AvgIpc) is 2.44. The van der Waals surface area contributed by atoms with E-state index in [2.05, 4.69) is 5.32 Å². The number of nitrogens with one attached hydrogen (secondary N) is 1. The van der Waals surface area contributed by atoms with Gasteiger partial charge in [0, 0.05) is 4.90 Å². The van der Waals surface area contributed by atoms with Crippen molar-refractivity contribution in [1.29, 1.82) is 0 Å². The molecule has 2 aromatic rings. The Morgan fingerprint density at radius 1 is 1.24 bits per heavy atom. The van der Waals surface area contributed by atoms with Crippen molar-refractivity contribution >= 4 is 46.6 Å². The lowest BCUT2D eigenvalue weighted by molar-refractivity contribution is -0.118. The maximum atomic E-state index is 12.8. The van der Waals surface area contributed by atoms with Gasteiger partial charge in [-0.15, -0.1) is 0 Å². The number of hydrogen-bond donors (Lipinski definition) is 1. The molecule has 2 aromatic carbocycles. The minimum Gasteiger partial charge on any atom is -0.321 e. The van der Waals surface area contributed by atoms with Crippen molar-refractivity contribution in [3.05, 3.63) is 53.1 Å². The molecule has 1 unspecified atom stereocenters. The van der Waals surface area contributed by atoms with Gasteiger partial charge < -0.3 is 5.32 Å². The molecule has 1 atom stereocenters. The van der Waals surface area contributed by atoms with Crippen LogP contribution in [-0.2, 0) is 4.79 Å². The highest BCUT2D eigenvalue weighted by atomic mass is 35.5. The van der Waals surface area contributed by atoms with Crippen LogP contribution in [0.2, 0.25) is 5.02 Å². The van der Waals surface area contributed by atoms with Crippen LogP contribution in [0.1, 0.15) is 5.56 Å². The Balaban J connectivity index is 2.29. The topological polar surface area (TPSA) is 29.1 Å². The van der Waals surface area contributed by atoms with Crippen LogP contribution < -0.4 is 5.32 Å². The second kappa shape index (κ2) is 7.16. The average molecular weight is 344 g/mol. The summed E-state index contributed by atoms with van der Waals surface area (Å²) < 4.78 is 12.8. The SMILES string of the molecule is Cc1ccc(Sc2c(Cl)cccc2NC(=O)C(F)Cl)cc1. The van der Waals surface area contributed by atoms with Crippen LogP contribution in [-0.4, -0.2) is 11.5 Å². The van der Waals surface area contributed by atoms with Gasteiger partial charge in [0.05, 0.1) is 15.6 Å². The molecular weight excluding hydrogens is 332 g/mol. The van der Waals surface area contributed by atoms with Crippen LogP contribution in [0.5, 0.6) is 0 Å². The van der Waals surface area contributed by atoms with E-state index in [4.69, 9.17) is 23.2 Å². The molecule has 0 radical (unpaired) electrons. The minimum atomic E-state index is -2.10. The lowest BCUT2D eigenvalue weighted by Gasteiger charge is -2.12. The van der Waals surface area contributed by atoms with E-state index >= 15 is 0 Å². The van der Waals surface area contributed by atoms with Crippen molar-refractivity contribution < 1.29 is 9.18 Å². The zero-order valence-corrected chi connectivity index (χ0v) is 13.4. The molecule has 1 N–H and O–H groups in total. The fourth-order valence-electron chi connectivity index (χ4n) is 1.62. The summed E-state index contributed by atoms with van der Waals surface area (Å²) in [7, 11) is 0. The van der Waals surface area contributed by atoms with E-state index in [1.54, 1.807) is 18.2 Å². The second-order valence-corrected chi connectivity index (χ2v) is 6.20. The van der Waals surface area contributed by atoms with Crippen molar-refractivity contribution in [2.24, 2.45) is 0 Å². The monoisotopic (exact) mass is 343 g/mol. The van der Waals surface area contributed by atoms with Crippen molar-refractivity contribution in [2.75, 3.05) is 5.32 Å². The molecule has 2 rings (SSSR count). The van der Waals surface area contributed by atoms with E-state index in [0.717, 1.165) is 10.5 Å². The summed E-state index contributed by atoms with van der Waals surface area (Å²) in [4.78, 5) is 13.0. The summed E-state index contributed by atoms with van der Waals surface area (Å²) in [6.07, 6.45) is 0. The molecular formula is C15H12Cl2FNOS. The summed E-state index contributed by atoms with van der Waals surface area (Å²) in [5.41, 5.74) is -0.517. The van der Waals surface area contributed by atoms with Gasteiger partial charge in [-0.2, -0.15) is 0 Å². The molecule has 0 saturated heterocycles. The highest BCUT2D eigenvalue weighted by Gasteiger charge is 2.17. The van der Waals surface area contributed by atoms with Crippen LogP contribution in [0.15, 0.2) is 52.3 Å². The quantitative estimate of drug-likeness (QED) is 0.766. The first kappa shape index (κ1) is 16.1. The zero-order valence-electron chi connectivity index (χ0n) is 11.1. The first-order valence-electron chi connectivity index (χ1n) is 6.09. The molecule has 0 aliphatic heterocycles. The number of amides is 1. The third-order valence-electron chi connectivity index (χ3n) is 2.66. The molecule has 21 heavy (non-hydrogen) atoms. The van der Waals surface area contributed by atoms with Crippen LogP contribution in [0.25, 0.3) is 0 Å². The van der Waals surface area contributed by atoms with E-state index in [1.165, 1.54) is 11.8 Å². The van der Waals surface area contributed by atoms with Gasteiger partial charge in [-0.25, -0.2) is 4.39 Å². The normalized spacial score (nSPS) is 12.0. The van der Waals surface area contributed by atoms with Crippen LogP contribution in [0.3, 0.4) is 0 Å². The summed E-state index contributed by atoms with van der Waals surface area (Å²) in [5.74, 6) is -0.912.